The van der Waals surface area contributed by atoms with Crippen molar-refractivity contribution in [3.63, 3.8) is 0 Å². The summed E-state index contributed by atoms with van der Waals surface area (Å²) >= 11 is 11.9. The fourth-order valence-corrected chi connectivity index (χ4v) is 4.75. The van der Waals surface area contributed by atoms with Crippen LogP contribution < -0.4 is 4.72 Å². The maximum absolute atomic E-state index is 12.6. The minimum absolute atomic E-state index is 0.0344. The molecule has 1 atom stereocenters. The van der Waals surface area contributed by atoms with Crippen molar-refractivity contribution in [3.05, 3.63) is 52.3 Å². The molecule has 3 aromatic rings. The molecule has 1 fully saturated rings. The van der Waals surface area contributed by atoms with Crippen LogP contribution in [0.5, 0.6) is 0 Å². The largest absolute Gasteiger partial charge is 0.370 e. The second-order valence-electron chi connectivity index (χ2n) is 6.04. The monoisotopic (exact) mass is 411 g/mol. The Bertz CT molecular complexity index is 1080. The summed E-state index contributed by atoms with van der Waals surface area (Å²) in [4.78, 5) is 7.65. The smallest absolute Gasteiger partial charge is 0.263 e. The number of hydrogen-bond donors (Lipinski definition) is 2. The van der Waals surface area contributed by atoms with Gasteiger partial charge in [-0.25, -0.2) is 13.4 Å². The third kappa shape index (κ3) is 3.40. The maximum atomic E-state index is 12.6. The van der Waals surface area contributed by atoms with Gasteiger partial charge in [-0.05, 0) is 49.2 Å². The fourth-order valence-electron chi connectivity index (χ4n) is 2.93. The van der Waals surface area contributed by atoms with E-state index in [1.807, 2.05) is 0 Å². The Morgan fingerprint density at radius 3 is 2.81 bits per heavy atom. The third-order valence-electron chi connectivity index (χ3n) is 4.17. The van der Waals surface area contributed by atoms with Crippen LogP contribution in [0, 0.1) is 0 Å². The normalized spacial score (nSPS) is 17.7. The highest BCUT2D eigenvalue weighted by Crippen LogP contribution is 2.30. The van der Waals surface area contributed by atoms with E-state index >= 15 is 0 Å². The van der Waals surface area contributed by atoms with Crippen LogP contribution in [0.2, 0.25) is 10.0 Å². The Kier molecular flexibility index (Phi) is 4.56. The zero-order valence-electron chi connectivity index (χ0n) is 13.5. The SMILES string of the molecule is O=S(=O)(Nc1ccc2nc([C@@H]3CCCO3)[nH]c2c1)c1cc(Cl)ccc1Cl. The van der Waals surface area contributed by atoms with E-state index in [2.05, 4.69) is 14.7 Å². The number of aromatic amines is 1. The van der Waals surface area contributed by atoms with Gasteiger partial charge in [-0.15, -0.1) is 0 Å². The first-order valence-electron chi connectivity index (χ1n) is 8.01. The first-order valence-corrected chi connectivity index (χ1v) is 10.3. The average Bonchev–Trinajstić information content (AvgIpc) is 3.25. The Hall–Kier alpha value is -1.80. The minimum Gasteiger partial charge on any atom is -0.370 e. The Morgan fingerprint density at radius 2 is 2.04 bits per heavy atom. The number of imidazole rings is 1. The highest BCUT2D eigenvalue weighted by atomic mass is 35.5. The van der Waals surface area contributed by atoms with Gasteiger partial charge in [-0.2, -0.15) is 0 Å². The summed E-state index contributed by atoms with van der Waals surface area (Å²) in [6.07, 6.45) is 1.90. The van der Waals surface area contributed by atoms with Gasteiger partial charge in [0.2, 0.25) is 0 Å². The molecule has 6 nitrogen and oxygen atoms in total. The molecule has 0 aliphatic carbocycles. The molecular weight excluding hydrogens is 397 g/mol. The molecule has 1 saturated heterocycles. The van der Waals surface area contributed by atoms with Gasteiger partial charge in [0.05, 0.1) is 21.7 Å². The van der Waals surface area contributed by atoms with Gasteiger partial charge < -0.3 is 9.72 Å². The summed E-state index contributed by atoms with van der Waals surface area (Å²) in [6, 6.07) is 9.39. The van der Waals surface area contributed by atoms with Gasteiger partial charge in [0.1, 0.15) is 16.8 Å². The first-order chi connectivity index (χ1) is 12.4. The van der Waals surface area contributed by atoms with Gasteiger partial charge in [0.15, 0.2) is 0 Å². The number of halogens is 2. The van der Waals surface area contributed by atoms with Crippen molar-refractivity contribution in [1.29, 1.82) is 0 Å². The van der Waals surface area contributed by atoms with Crippen LogP contribution in [0.1, 0.15) is 24.8 Å². The highest BCUT2D eigenvalue weighted by molar-refractivity contribution is 7.92. The van der Waals surface area contributed by atoms with Crippen molar-refractivity contribution in [2.75, 3.05) is 11.3 Å². The first kappa shape index (κ1) is 17.6. The van der Waals surface area contributed by atoms with Crippen molar-refractivity contribution in [3.8, 4) is 0 Å². The summed E-state index contributed by atoms with van der Waals surface area (Å²) < 4.78 is 33.4. The number of aromatic nitrogens is 2. The number of nitrogens with one attached hydrogen (secondary N) is 2. The molecule has 26 heavy (non-hydrogen) atoms. The molecule has 1 aromatic heterocycles. The van der Waals surface area contributed by atoms with Gasteiger partial charge in [0, 0.05) is 11.6 Å². The summed E-state index contributed by atoms with van der Waals surface area (Å²) in [6.45, 7) is 0.729. The summed E-state index contributed by atoms with van der Waals surface area (Å²) in [7, 11) is -3.87. The van der Waals surface area contributed by atoms with Crippen LogP contribution in [-0.4, -0.2) is 25.0 Å². The molecule has 1 aliphatic rings. The third-order valence-corrected chi connectivity index (χ3v) is 6.27. The molecule has 4 rings (SSSR count). The van der Waals surface area contributed by atoms with Crippen molar-refractivity contribution in [1.82, 2.24) is 9.97 Å². The number of H-pyrrole nitrogens is 1. The molecule has 0 spiro atoms. The molecule has 2 aromatic carbocycles. The maximum Gasteiger partial charge on any atom is 0.263 e. The lowest BCUT2D eigenvalue weighted by molar-refractivity contribution is 0.106. The van der Waals surface area contributed by atoms with Crippen molar-refractivity contribution < 1.29 is 13.2 Å². The molecule has 2 heterocycles. The molecule has 1 aliphatic heterocycles. The van der Waals surface area contributed by atoms with E-state index < -0.39 is 10.0 Å². The molecule has 0 radical (unpaired) electrons. The van der Waals surface area contributed by atoms with Crippen LogP contribution in [0.4, 0.5) is 5.69 Å². The van der Waals surface area contributed by atoms with E-state index in [9.17, 15) is 8.42 Å². The van der Waals surface area contributed by atoms with Crippen LogP contribution >= 0.6 is 23.2 Å². The quantitative estimate of drug-likeness (QED) is 0.660. The lowest BCUT2D eigenvalue weighted by Gasteiger charge is -2.10. The predicted molar refractivity (Wildman–Crippen MR) is 101 cm³/mol. The molecule has 9 heteroatoms. The van der Waals surface area contributed by atoms with E-state index in [0.29, 0.717) is 10.7 Å². The Labute approximate surface area is 160 Å². The lowest BCUT2D eigenvalue weighted by atomic mass is 10.2. The van der Waals surface area contributed by atoms with E-state index in [1.165, 1.54) is 18.2 Å². The number of hydrogen-bond acceptors (Lipinski definition) is 4. The molecule has 0 bridgehead atoms. The van der Waals surface area contributed by atoms with E-state index in [1.54, 1.807) is 18.2 Å². The summed E-state index contributed by atoms with van der Waals surface area (Å²) in [5.74, 6) is 0.760. The van der Waals surface area contributed by atoms with E-state index in [-0.39, 0.29) is 16.0 Å². The average molecular weight is 412 g/mol. The molecular formula is C17H15Cl2N3O3S. The van der Waals surface area contributed by atoms with Gasteiger partial charge in [0.25, 0.3) is 10.0 Å². The number of benzene rings is 2. The van der Waals surface area contributed by atoms with Crippen LogP contribution in [-0.2, 0) is 14.8 Å². The second-order valence-corrected chi connectivity index (χ2v) is 8.53. The molecule has 0 saturated carbocycles. The minimum atomic E-state index is -3.87. The van der Waals surface area contributed by atoms with Crippen molar-refractivity contribution in [2.45, 2.75) is 23.8 Å². The highest BCUT2D eigenvalue weighted by Gasteiger charge is 2.22. The van der Waals surface area contributed by atoms with E-state index in [0.717, 1.165) is 36.3 Å². The number of anilines is 1. The standard InChI is InChI=1S/C17H15Cl2N3O3S/c18-10-3-5-12(19)16(8-10)26(23,24)22-11-4-6-13-14(9-11)21-17(20-13)15-2-1-7-25-15/h3-6,8-9,15,22H,1-2,7H2,(H,20,21)/t15-/m0/s1. The molecule has 0 amide bonds. The fraction of sp³-hybridized carbons (Fsp3) is 0.235. The second kappa shape index (κ2) is 6.74. The zero-order chi connectivity index (χ0) is 18.3. The van der Waals surface area contributed by atoms with Crippen LogP contribution in [0.15, 0.2) is 41.3 Å². The number of nitrogens with zero attached hydrogens (tertiary/aromatic N) is 1. The lowest BCUT2D eigenvalue weighted by Crippen LogP contribution is -2.13. The van der Waals surface area contributed by atoms with Crippen LogP contribution in [0.3, 0.4) is 0 Å². The summed E-state index contributed by atoms with van der Waals surface area (Å²) in [5.41, 5.74) is 1.88. The summed E-state index contributed by atoms with van der Waals surface area (Å²) in [5, 5.41) is 0.394. The van der Waals surface area contributed by atoms with Gasteiger partial charge in [-0.3, -0.25) is 4.72 Å². The number of sulfonamides is 1. The molecule has 136 valence electrons. The predicted octanol–water partition coefficient (Wildman–Crippen LogP) is 4.52. The van der Waals surface area contributed by atoms with Crippen molar-refractivity contribution in [2.24, 2.45) is 0 Å². The molecule has 0 unspecified atom stereocenters. The number of rotatable bonds is 4. The zero-order valence-corrected chi connectivity index (χ0v) is 15.8. The van der Waals surface area contributed by atoms with E-state index in [4.69, 9.17) is 27.9 Å². The Morgan fingerprint density at radius 1 is 1.19 bits per heavy atom. The topological polar surface area (TPSA) is 84.1 Å². The molecule has 2 N–H and O–H groups in total. The van der Waals surface area contributed by atoms with Gasteiger partial charge >= 0.3 is 0 Å². The van der Waals surface area contributed by atoms with Crippen molar-refractivity contribution >= 4 is 49.9 Å². The Balaban J connectivity index is 1.65. The number of ether oxygens (including phenoxy) is 1. The van der Waals surface area contributed by atoms with Crippen LogP contribution in [0.25, 0.3) is 11.0 Å². The van der Waals surface area contributed by atoms with Gasteiger partial charge in [-0.1, -0.05) is 23.2 Å². The number of fused-ring (bicyclic) bond motifs is 1.